The normalized spacial score (nSPS) is 26.5. The maximum Gasteiger partial charge on any atom is 0.0724 e. The van der Waals surface area contributed by atoms with Crippen molar-refractivity contribution in [2.75, 3.05) is 13.1 Å². The van der Waals surface area contributed by atoms with Gasteiger partial charge in [-0.25, -0.2) is 0 Å². The zero-order valence-corrected chi connectivity index (χ0v) is 13.2. The van der Waals surface area contributed by atoms with Crippen molar-refractivity contribution in [2.24, 2.45) is 5.41 Å². The molecule has 1 saturated heterocycles. The van der Waals surface area contributed by atoms with Crippen LogP contribution in [-0.2, 0) is 0 Å². The number of nitrogens with zero attached hydrogens (tertiary/aromatic N) is 1. The Morgan fingerprint density at radius 1 is 1.00 bits per heavy atom. The SMILES string of the molecule is CC(C)(C)CCC(O)C1(N2CCCCC2)CCCC1. The van der Waals surface area contributed by atoms with Crippen LogP contribution < -0.4 is 0 Å². The van der Waals surface area contributed by atoms with Gasteiger partial charge in [-0.1, -0.05) is 40.0 Å². The Morgan fingerprint density at radius 3 is 2.11 bits per heavy atom. The van der Waals surface area contributed by atoms with E-state index in [1.807, 2.05) is 0 Å². The van der Waals surface area contributed by atoms with E-state index >= 15 is 0 Å². The van der Waals surface area contributed by atoms with Gasteiger partial charge in [0.25, 0.3) is 0 Å². The maximum absolute atomic E-state index is 10.9. The second-order valence-electron chi connectivity index (χ2n) is 7.97. The third-order valence-corrected chi connectivity index (χ3v) is 5.24. The van der Waals surface area contributed by atoms with Crippen molar-refractivity contribution in [3.05, 3.63) is 0 Å². The van der Waals surface area contributed by atoms with Crippen LogP contribution in [0.1, 0.15) is 78.6 Å². The number of aliphatic hydroxyl groups is 1. The molecule has 0 bridgehead atoms. The van der Waals surface area contributed by atoms with E-state index in [1.54, 1.807) is 0 Å². The van der Waals surface area contributed by atoms with Crippen LogP contribution in [-0.4, -0.2) is 34.7 Å². The van der Waals surface area contributed by atoms with Crippen LogP contribution in [0.5, 0.6) is 0 Å². The van der Waals surface area contributed by atoms with Gasteiger partial charge >= 0.3 is 0 Å². The molecule has 19 heavy (non-hydrogen) atoms. The molecule has 2 heteroatoms. The molecule has 1 aliphatic carbocycles. The monoisotopic (exact) mass is 267 g/mol. The van der Waals surface area contributed by atoms with E-state index in [0.29, 0.717) is 5.41 Å². The number of aliphatic hydroxyl groups excluding tert-OH is 1. The third kappa shape index (κ3) is 3.72. The van der Waals surface area contributed by atoms with Gasteiger partial charge in [0.05, 0.1) is 6.10 Å². The highest BCUT2D eigenvalue weighted by atomic mass is 16.3. The summed E-state index contributed by atoms with van der Waals surface area (Å²) in [7, 11) is 0. The number of rotatable bonds is 4. The van der Waals surface area contributed by atoms with Crippen LogP contribution in [0.2, 0.25) is 0 Å². The Morgan fingerprint density at radius 2 is 1.58 bits per heavy atom. The molecule has 0 radical (unpaired) electrons. The van der Waals surface area contributed by atoms with Gasteiger partial charge in [-0.05, 0) is 57.0 Å². The van der Waals surface area contributed by atoms with Crippen molar-refractivity contribution in [3.63, 3.8) is 0 Å². The first-order chi connectivity index (χ1) is 8.94. The van der Waals surface area contributed by atoms with Gasteiger partial charge in [0.1, 0.15) is 0 Å². The molecule has 1 unspecified atom stereocenters. The highest BCUT2D eigenvalue weighted by Crippen LogP contribution is 2.41. The average molecular weight is 267 g/mol. The minimum absolute atomic E-state index is 0.118. The molecular weight excluding hydrogens is 234 g/mol. The average Bonchev–Trinajstić information content (AvgIpc) is 2.87. The van der Waals surface area contributed by atoms with Gasteiger partial charge in [-0.15, -0.1) is 0 Å². The van der Waals surface area contributed by atoms with E-state index < -0.39 is 0 Å². The summed E-state index contributed by atoms with van der Waals surface area (Å²) in [6.07, 6.45) is 11.1. The van der Waals surface area contributed by atoms with Crippen LogP contribution >= 0.6 is 0 Å². The van der Waals surface area contributed by atoms with E-state index in [0.717, 1.165) is 12.8 Å². The summed E-state index contributed by atoms with van der Waals surface area (Å²) in [4.78, 5) is 2.65. The fourth-order valence-corrected chi connectivity index (χ4v) is 4.03. The van der Waals surface area contributed by atoms with Crippen LogP contribution in [0, 0.1) is 5.41 Å². The summed E-state index contributed by atoms with van der Waals surface area (Å²) in [6.45, 7) is 9.27. The molecule has 1 heterocycles. The second kappa shape index (κ2) is 6.13. The molecule has 0 spiro atoms. The van der Waals surface area contributed by atoms with Crippen molar-refractivity contribution < 1.29 is 5.11 Å². The Labute approximate surface area is 119 Å². The number of likely N-dealkylation sites (tertiary alicyclic amines) is 1. The van der Waals surface area contributed by atoms with Crippen molar-refractivity contribution in [1.82, 2.24) is 4.90 Å². The lowest BCUT2D eigenvalue weighted by Gasteiger charge is -2.47. The summed E-state index contributed by atoms with van der Waals surface area (Å²) < 4.78 is 0. The van der Waals surface area contributed by atoms with E-state index in [1.165, 1.54) is 58.0 Å². The predicted molar refractivity (Wildman–Crippen MR) is 81.3 cm³/mol. The first-order valence-electron chi connectivity index (χ1n) is 8.37. The number of piperidine rings is 1. The van der Waals surface area contributed by atoms with E-state index in [4.69, 9.17) is 0 Å². The Kier molecular flexibility index (Phi) is 4.94. The lowest BCUT2D eigenvalue weighted by Crippen LogP contribution is -2.56. The molecule has 1 saturated carbocycles. The topological polar surface area (TPSA) is 23.5 Å². The van der Waals surface area contributed by atoms with Gasteiger partial charge in [0.2, 0.25) is 0 Å². The quantitative estimate of drug-likeness (QED) is 0.833. The summed E-state index contributed by atoms with van der Waals surface area (Å²) in [5.74, 6) is 0. The fraction of sp³-hybridized carbons (Fsp3) is 1.00. The lowest BCUT2D eigenvalue weighted by atomic mass is 9.80. The Bertz CT molecular complexity index is 269. The van der Waals surface area contributed by atoms with Gasteiger partial charge in [0, 0.05) is 5.54 Å². The van der Waals surface area contributed by atoms with Crippen LogP contribution in [0.25, 0.3) is 0 Å². The Hall–Kier alpha value is -0.0800. The molecule has 0 aromatic carbocycles. The van der Waals surface area contributed by atoms with Gasteiger partial charge in [-0.3, -0.25) is 4.90 Å². The van der Waals surface area contributed by atoms with Crippen LogP contribution in [0.15, 0.2) is 0 Å². The zero-order chi connectivity index (χ0) is 13.9. The summed E-state index contributed by atoms with van der Waals surface area (Å²) in [6, 6.07) is 0. The largest absolute Gasteiger partial charge is 0.391 e. The fourth-order valence-electron chi connectivity index (χ4n) is 4.03. The number of hydrogen-bond acceptors (Lipinski definition) is 2. The van der Waals surface area contributed by atoms with Crippen LogP contribution in [0.3, 0.4) is 0 Å². The van der Waals surface area contributed by atoms with E-state index in [2.05, 4.69) is 25.7 Å². The molecule has 0 aromatic heterocycles. The molecule has 0 amide bonds. The second-order valence-corrected chi connectivity index (χ2v) is 7.97. The minimum atomic E-state index is -0.118. The van der Waals surface area contributed by atoms with Gasteiger partial charge in [-0.2, -0.15) is 0 Å². The van der Waals surface area contributed by atoms with E-state index in [-0.39, 0.29) is 11.6 Å². The Balaban J connectivity index is 2.01. The first kappa shape index (κ1) is 15.3. The third-order valence-electron chi connectivity index (χ3n) is 5.24. The molecule has 0 aromatic rings. The highest BCUT2D eigenvalue weighted by molar-refractivity contribution is 5.01. The molecule has 2 rings (SSSR count). The summed E-state index contributed by atoms with van der Waals surface area (Å²) in [5.41, 5.74) is 0.467. The van der Waals surface area contributed by atoms with Crippen molar-refractivity contribution in [1.29, 1.82) is 0 Å². The predicted octanol–water partition coefficient (Wildman–Crippen LogP) is 3.97. The van der Waals surface area contributed by atoms with Crippen LogP contribution in [0.4, 0.5) is 0 Å². The van der Waals surface area contributed by atoms with Gasteiger partial charge in [0.15, 0.2) is 0 Å². The molecule has 2 fully saturated rings. The molecule has 1 N–H and O–H groups in total. The van der Waals surface area contributed by atoms with Crippen molar-refractivity contribution in [2.45, 2.75) is 90.2 Å². The van der Waals surface area contributed by atoms with Crippen molar-refractivity contribution in [3.8, 4) is 0 Å². The molecular formula is C17H33NO. The highest BCUT2D eigenvalue weighted by Gasteiger charge is 2.45. The smallest absolute Gasteiger partial charge is 0.0724 e. The molecule has 1 aliphatic heterocycles. The molecule has 2 aliphatic rings. The standard InChI is InChI=1S/C17H33NO/c1-16(2,3)12-9-15(19)17(10-5-6-11-17)18-13-7-4-8-14-18/h15,19H,4-14H2,1-3H3. The number of hydrogen-bond donors (Lipinski definition) is 1. The van der Waals surface area contributed by atoms with Crippen molar-refractivity contribution >= 4 is 0 Å². The zero-order valence-electron chi connectivity index (χ0n) is 13.2. The molecule has 112 valence electrons. The maximum atomic E-state index is 10.9. The summed E-state index contributed by atoms with van der Waals surface area (Å²) in [5, 5.41) is 10.9. The van der Waals surface area contributed by atoms with E-state index in [9.17, 15) is 5.11 Å². The summed E-state index contributed by atoms with van der Waals surface area (Å²) >= 11 is 0. The first-order valence-corrected chi connectivity index (χ1v) is 8.37. The molecule has 2 nitrogen and oxygen atoms in total. The lowest BCUT2D eigenvalue weighted by molar-refractivity contribution is -0.0459. The minimum Gasteiger partial charge on any atom is -0.391 e. The molecule has 1 atom stereocenters. The van der Waals surface area contributed by atoms with Gasteiger partial charge < -0.3 is 5.11 Å².